The van der Waals surface area contributed by atoms with E-state index in [-0.39, 0.29) is 11.6 Å². The number of alkyl halides is 3. The van der Waals surface area contributed by atoms with Gasteiger partial charge in [-0.15, -0.1) is 0 Å². The average Bonchev–Trinajstić information content (AvgIpc) is 2.95. The maximum Gasteiger partial charge on any atom is 0.408 e. The quantitative estimate of drug-likeness (QED) is 0.511. The van der Waals surface area contributed by atoms with Crippen molar-refractivity contribution in [3.05, 3.63) is 47.1 Å². The number of rotatable bonds is 3. The van der Waals surface area contributed by atoms with Crippen molar-refractivity contribution >= 4 is 23.2 Å². The Morgan fingerprint density at radius 2 is 1.73 bits per heavy atom. The molecular formula is C15H9ClF6N4. The molecule has 0 unspecified atom stereocenters. The van der Waals surface area contributed by atoms with Gasteiger partial charge in [-0.1, -0.05) is 11.6 Å². The molecule has 11 heteroatoms. The molecule has 3 aromatic rings. The molecule has 0 radical (unpaired) electrons. The third-order valence-electron chi connectivity index (χ3n) is 3.60. The predicted octanol–water partition coefficient (Wildman–Crippen LogP) is 4.83. The fraction of sp³-hybridized carbons (Fsp3) is 0.200. The van der Waals surface area contributed by atoms with Gasteiger partial charge in [0.2, 0.25) is 5.78 Å². The van der Waals surface area contributed by atoms with Crippen molar-refractivity contribution in [3.8, 4) is 11.1 Å². The summed E-state index contributed by atoms with van der Waals surface area (Å²) in [7, 11) is 0. The van der Waals surface area contributed by atoms with Crippen molar-refractivity contribution < 1.29 is 26.3 Å². The maximum atomic E-state index is 14.2. The monoisotopic (exact) mass is 394 g/mol. The Kier molecular flexibility index (Phi) is 4.47. The number of benzene rings is 1. The number of hydrogen-bond acceptors (Lipinski definition) is 3. The normalized spacial score (nSPS) is 13.2. The minimum atomic E-state index is -4.65. The number of nitrogens with zero attached hydrogens (tertiary/aromatic N) is 3. The minimum absolute atomic E-state index is 0.0847. The molecule has 1 atom stereocenters. The summed E-state index contributed by atoms with van der Waals surface area (Å²) in [5, 5.41) is 1.64. The molecule has 2 heterocycles. The van der Waals surface area contributed by atoms with E-state index in [9.17, 15) is 26.3 Å². The Bertz CT molecular complexity index is 961. The van der Waals surface area contributed by atoms with E-state index < -0.39 is 45.9 Å². The highest BCUT2D eigenvalue weighted by Gasteiger charge is 2.37. The standard InChI is InChI=1S/C15H9ClF6N4/c1-6(15(20,21)22)24-13-11(10-8(18)4-7(17)5-9(10)19)12(16)25-14-23-2-3-26(13)14/h2-6,24H,1H3/t6-/m0/s1. The molecule has 2 aromatic heterocycles. The van der Waals surface area contributed by atoms with Crippen LogP contribution < -0.4 is 5.32 Å². The van der Waals surface area contributed by atoms with Crippen LogP contribution in [0.15, 0.2) is 24.5 Å². The molecule has 0 amide bonds. The predicted molar refractivity (Wildman–Crippen MR) is 82.4 cm³/mol. The van der Waals surface area contributed by atoms with E-state index in [1.165, 1.54) is 12.4 Å². The Labute approximate surface area is 147 Å². The van der Waals surface area contributed by atoms with Crippen molar-refractivity contribution in [2.45, 2.75) is 19.1 Å². The van der Waals surface area contributed by atoms with Gasteiger partial charge in [-0.3, -0.25) is 4.40 Å². The first kappa shape index (κ1) is 18.3. The topological polar surface area (TPSA) is 42.2 Å². The van der Waals surface area contributed by atoms with Gasteiger partial charge in [0.25, 0.3) is 0 Å². The van der Waals surface area contributed by atoms with Crippen LogP contribution in [-0.2, 0) is 0 Å². The van der Waals surface area contributed by atoms with Crippen molar-refractivity contribution in [1.82, 2.24) is 14.4 Å². The van der Waals surface area contributed by atoms with E-state index in [0.717, 1.165) is 11.3 Å². The summed E-state index contributed by atoms with van der Waals surface area (Å²) < 4.78 is 81.6. The zero-order valence-electron chi connectivity index (χ0n) is 12.9. The van der Waals surface area contributed by atoms with Gasteiger partial charge in [-0.2, -0.15) is 18.2 Å². The van der Waals surface area contributed by atoms with E-state index >= 15 is 0 Å². The molecule has 0 fully saturated rings. The van der Waals surface area contributed by atoms with Crippen molar-refractivity contribution in [3.63, 3.8) is 0 Å². The largest absolute Gasteiger partial charge is 0.408 e. The molecule has 0 saturated heterocycles. The summed E-state index contributed by atoms with van der Waals surface area (Å²) >= 11 is 5.97. The van der Waals surface area contributed by atoms with E-state index in [1.807, 2.05) is 0 Å². The molecule has 0 aliphatic heterocycles. The van der Waals surface area contributed by atoms with Crippen LogP contribution in [0.4, 0.5) is 32.2 Å². The second kappa shape index (κ2) is 6.35. The third-order valence-corrected chi connectivity index (χ3v) is 3.88. The lowest BCUT2D eigenvalue weighted by molar-refractivity contribution is -0.138. The van der Waals surface area contributed by atoms with Gasteiger partial charge in [0.1, 0.15) is 34.5 Å². The lowest BCUT2D eigenvalue weighted by atomic mass is 10.1. The van der Waals surface area contributed by atoms with Gasteiger partial charge >= 0.3 is 6.18 Å². The van der Waals surface area contributed by atoms with Gasteiger partial charge in [0, 0.05) is 24.5 Å². The van der Waals surface area contributed by atoms with Crippen LogP contribution in [0.1, 0.15) is 6.92 Å². The van der Waals surface area contributed by atoms with Gasteiger partial charge in [-0.25, -0.2) is 18.2 Å². The molecule has 1 aromatic carbocycles. The zero-order chi connectivity index (χ0) is 19.2. The Morgan fingerprint density at radius 3 is 2.31 bits per heavy atom. The van der Waals surface area contributed by atoms with Crippen LogP contribution in [0.25, 0.3) is 16.9 Å². The fourth-order valence-electron chi connectivity index (χ4n) is 2.35. The van der Waals surface area contributed by atoms with E-state index in [4.69, 9.17) is 11.6 Å². The zero-order valence-corrected chi connectivity index (χ0v) is 13.6. The van der Waals surface area contributed by atoms with Crippen LogP contribution >= 0.6 is 11.6 Å². The van der Waals surface area contributed by atoms with Crippen LogP contribution in [0.2, 0.25) is 5.15 Å². The van der Waals surface area contributed by atoms with E-state index in [0.29, 0.717) is 12.1 Å². The van der Waals surface area contributed by atoms with E-state index in [2.05, 4.69) is 15.3 Å². The number of fused-ring (bicyclic) bond motifs is 1. The molecule has 0 saturated carbocycles. The summed E-state index contributed by atoms with van der Waals surface area (Å²) in [6, 6.07) is -1.30. The summed E-state index contributed by atoms with van der Waals surface area (Å²) in [6.07, 6.45) is -2.18. The lowest BCUT2D eigenvalue weighted by Gasteiger charge is -2.22. The number of anilines is 1. The number of hydrogen-bond donors (Lipinski definition) is 1. The molecule has 4 nitrogen and oxygen atoms in total. The Hall–Kier alpha value is -2.49. The highest BCUT2D eigenvalue weighted by molar-refractivity contribution is 6.33. The SMILES string of the molecule is C[C@H](Nc1c(-c2c(F)cc(F)cc2F)c(Cl)nc2nccn12)C(F)(F)F. The van der Waals surface area contributed by atoms with Gasteiger partial charge in [0.05, 0.1) is 11.1 Å². The molecule has 26 heavy (non-hydrogen) atoms. The van der Waals surface area contributed by atoms with Crippen LogP contribution in [0, 0.1) is 17.5 Å². The molecule has 3 rings (SSSR count). The number of aromatic nitrogens is 3. The summed E-state index contributed by atoms with van der Waals surface area (Å²) in [6.45, 7) is 0.818. The van der Waals surface area contributed by atoms with Crippen LogP contribution in [0.3, 0.4) is 0 Å². The highest BCUT2D eigenvalue weighted by atomic mass is 35.5. The van der Waals surface area contributed by atoms with E-state index in [1.54, 1.807) is 0 Å². The van der Waals surface area contributed by atoms with Crippen molar-refractivity contribution in [1.29, 1.82) is 0 Å². The minimum Gasteiger partial charge on any atom is -0.359 e. The molecule has 138 valence electrons. The summed E-state index contributed by atoms with van der Waals surface area (Å²) in [4.78, 5) is 7.62. The number of nitrogens with one attached hydrogen (secondary N) is 1. The Morgan fingerprint density at radius 1 is 1.12 bits per heavy atom. The number of halogens is 7. The van der Waals surface area contributed by atoms with Crippen LogP contribution in [-0.4, -0.2) is 26.6 Å². The molecule has 0 spiro atoms. The first-order valence-electron chi connectivity index (χ1n) is 7.10. The average molecular weight is 395 g/mol. The highest BCUT2D eigenvalue weighted by Crippen LogP contribution is 2.39. The van der Waals surface area contributed by atoms with Crippen molar-refractivity contribution in [2.24, 2.45) is 0 Å². The first-order valence-corrected chi connectivity index (χ1v) is 7.48. The number of imidazole rings is 1. The summed E-state index contributed by atoms with van der Waals surface area (Å²) in [5.41, 5.74) is -1.29. The molecule has 0 bridgehead atoms. The molecule has 0 aliphatic carbocycles. The van der Waals surface area contributed by atoms with Crippen LogP contribution in [0.5, 0.6) is 0 Å². The second-order valence-corrected chi connectivity index (χ2v) is 5.73. The fourth-order valence-corrected chi connectivity index (χ4v) is 2.61. The molecule has 1 N–H and O–H groups in total. The first-order chi connectivity index (χ1) is 12.1. The smallest absolute Gasteiger partial charge is 0.359 e. The third kappa shape index (κ3) is 3.16. The molecular weight excluding hydrogens is 386 g/mol. The van der Waals surface area contributed by atoms with Gasteiger partial charge < -0.3 is 5.32 Å². The van der Waals surface area contributed by atoms with Gasteiger partial charge in [0.15, 0.2) is 0 Å². The van der Waals surface area contributed by atoms with Gasteiger partial charge in [-0.05, 0) is 6.92 Å². The molecule has 0 aliphatic rings. The second-order valence-electron chi connectivity index (χ2n) is 5.38. The lowest BCUT2D eigenvalue weighted by Crippen LogP contribution is -2.34. The Balaban J connectivity index is 2.32. The van der Waals surface area contributed by atoms with Crippen molar-refractivity contribution in [2.75, 3.05) is 5.32 Å². The maximum absolute atomic E-state index is 14.2. The summed E-state index contributed by atoms with van der Waals surface area (Å²) in [5.74, 6) is -4.33.